The standard InChI is InChI=1S/C25H27N3O5/c29-23(28-32)16-20(13-7-10-18-8-3-1-4-9-18)24(30)26-17-27-25(31)22-15-14-21(33-22)19-11-5-2-6-12-19/h1-6,8-9,11-12,14-15,20,32H,7,10,13,16-17H2,(H,26,30)(H,27,31)(H,28,29)/t20-/m1/s1. The van der Waals surface area contributed by atoms with Gasteiger partial charge in [-0.15, -0.1) is 0 Å². The van der Waals surface area contributed by atoms with Crippen LogP contribution in [0.1, 0.15) is 35.4 Å². The lowest BCUT2D eigenvalue weighted by Crippen LogP contribution is -2.41. The first-order valence-corrected chi connectivity index (χ1v) is 10.7. The molecule has 0 aliphatic carbocycles. The van der Waals surface area contributed by atoms with Crippen LogP contribution in [0.2, 0.25) is 0 Å². The molecule has 3 rings (SSSR count). The van der Waals surface area contributed by atoms with Crippen molar-refractivity contribution in [2.75, 3.05) is 6.67 Å². The topological polar surface area (TPSA) is 121 Å². The van der Waals surface area contributed by atoms with Crippen molar-refractivity contribution in [2.24, 2.45) is 5.92 Å². The third-order valence-corrected chi connectivity index (χ3v) is 5.19. The van der Waals surface area contributed by atoms with Crippen molar-refractivity contribution < 1.29 is 24.0 Å². The van der Waals surface area contributed by atoms with Crippen LogP contribution in [-0.4, -0.2) is 29.6 Å². The Labute approximate surface area is 192 Å². The molecule has 3 amide bonds. The molecule has 0 fully saturated rings. The molecular formula is C25H27N3O5. The van der Waals surface area contributed by atoms with Gasteiger partial charge in [0.15, 0.2) is 5.76 Å². The zero-order valence-electron chi connectivity index (χ0n) is 18.1. The highest BCUT2D eigenvalue weighted by molar-refractivity contribution is 5.92. The summed E-state index contributed by atoms with van der Waals surface area (Å²) in [4.78, 5) is 36.6. The van der Waals surface area contributed by atoms with E-state index in [1.54, 1.807) is 17.6 Å². The van der Waals surface area contributed by atoms with E-state index in [1.807, 2.05) is 60.7 Å². The van der Waals surface area contributed by atoms with Crippen molar-refractivity contribution in [2.45, 2.75) is 25.7 Å². The molecule has 0 radical (unpaired) electrons. The molecule has 3 aromatic rings. The predicted octanol–water partition coefficient (Wildman–Crippen LogP) is 3.28. The van der Waals surface area contributed by atoms with E-state index < -0.39 is 17.7 Å². The summed E-state index contributed by atoms with van der Waals surface area (Å²) in [6.45, 7) is -0.116. The summed E-state index contributed by atoms with van der Waals surface area (Å²) in [6, 6.07) is 22.5. The van der Waals surface area contributed by atoms with E-state index in [0.29, 0.717) is 18.6 Å². The summed E-state index contributed by atoms with van der Waals surface area (Å²) in [7, 11) is 0. The molecule has 1 aromatic heterocycles. The van der Waals surface area contributed by atoms with Gasteiger partial charge in [0.1, 0.15) is 5.76 Å². The number of amides is 3. The quantitative estimate of drug-likeness (QED) is 0.203. The average Bonchev–Trinajstić information content (AvgIpc) is 3.35. The van der Waals surface area contributed by atoms with E-state index in [9.17, 15) is 14.4 Å². The van der Waals surface area contributed by atoms with Crippen LogP contribution >= 0.6 is 0 Å². The van der Waals surface area contributed by atoms with E-state index in [1.165, 1.54) is 0 Å². The second-order valence-corrected chi connectivity index (χ2v) is 7.57. The van der Waals surface area contributed by atoms with Gasteiger partial charge in [0.05, 0.1) is 6.67 Å². The highest BCUT2D eigenvalue weighted by atomic mass is 16.5. The molecule has 1 heterocycles. The smallest absolute Gasteiger partial charge is 0.288 e. The summed E-state index contributed by atoms with van der Waals surface area (Å²) in [6.07, 6.45) is 1.77. The molecule has 8 nitrogen and oxygen atoms in total. The number of hydrogen-bond donors (Lipinski definition) is 4. The monoisotopic (exact) mass is 449 g/mol. The first-order chi connectivity index (χ1) is 16.1. The number of hydrogen-bond acceptors (Lipinski definition) is 5. The molecule has 1 atom stereocenters. The van der Waals surface area contributed by atoms with E-state index in [0.717, 1.165) is 17.5 Å². The Balaban J connectivity index is 1.48. The minimum atomic E-state index is -0.636. The van der Waals surface area contributed by atoms with Crippen molar-refractivity contribution >= 4 is 17.7 Å². The van der Waals surface area contributed by atoms with Crippen LogP contribution in [-0.2, 0) is 16.0 Å². The summed E-state index contributed by atoms with van der Waals surface area (Å²) in [5.74, 6) is -1.42. The molecule has 0 bridgehead atoms. The van der Waals surface area contributed by atoms with Gasteiger partial charge in [-0.05, 0) is 37.0 Å². The van der Waals surface area contributed by atoms with Gasteiger partial charge in [-0.2, -0.15) is 0 Å². The summed E-state index contributed by atoms with van der Waals surface area (Å²) >= 11 is 0. The molecule has 172 valence electrons. The number of furan rings is 1. The Bertz CT molecular complexity index is 1050. The minimum absolute atomic E-state index is 0.116. The number of carbonyl (C=O) groups excluding carboxylic acids is 3. The van der Waals surface area contributed by atoms with Gasteiger partial charge in [-0.25, -0.2) is 5.48 Å². The molecule has 4 N–H and O–H groups in total. The van der Waals surface area contributed by atoms with Gasteiger partial charge in [0.2, 0.25) is 11.8 Å². The van der Waals surface area contributed by atoms with Gasteiger partial charge >= 0.3 is 0 Å². The van der Waals surface area contributed by atoms with E-state index in [4.69, 9.17) is 9.62 Å². The lowest BCUT2D eigenvalue weighted by molar-refractivity contribution is -0.135. The summed E-state index contributed by atoms with van der Waals surface area (Å²) in [5, 5.41) is 14.0. The number of benzene rings is 2. The maximum Gasteiger partial charge on any atom is 0.288 e. The van der Waals surface area contributed by atoms with E-state index >= 15 is 0 Å². The van der Waals surface area contributed by atoms with Crippen molar-refractivity contribution in [3.63, 3.8) is 0 Å². The van der Waals surface area contributed by atoms with E-state index in [2.05, 4.69) is 10.6 Å². The number of aryl methyl sites for hydroxylation is 1. The van der Waals surface area contributed by atoms with Gasteiger partial charge in [0, 0.05) is 17.9 Å². The fraction of sp³-hybridized carbons (Fsp3) is 0.240. The highest BCUT2D eigenvalue weighted by Crippen LogP contribution is 2.21. The first-order valence-electron chi connectivity index (χ1n) is 10.7. The maximum atomic E-state index is 12.6. The van der Waals surface area contributed by atoms with Crippen molar-refractivity contribution in [1.29, 1.82) is 0 Å². The number of rotatable bonds is 11. The van der Waals surface area contributed by atoms with E-state index in [-0.39, 0.29) is 24.8 Å². The largest absolute Gasteiger partial charge is 0.451 e. The lowest BCUT2D eigenvalue weighted by Gasteiger charge is -2.16. The third-order valence-electron chi connectivity index (χ3n) is 5.19. The SMILES string of the molecule is O=C(C[C@@H](CCCc1ccccc1)C(=O)NCNC(=O)c1ccc(-c2ccccc2)o1)NO. The Morgan fingerprint density at radius 2 is 1.58 bits per heavy atom. The fourth-order valence-corrected chi connectivity index (χ4v) is 3.45. The van der Waals surface area contributed by atoms with Crippen molar-refractivity contribution in [1.82, 2.24) is 16.1 Å². The Morgan fingerprint density at radius 1 is 0.879 bits per heavy atom. The average molecular weight is 450 g/mol. The molecule has 8 heteroatoms. The predicted molar refractivity (Wildman–Crippen MR) is 122 cm³/mol. The molecule has 33 heavy (non-hydrogen) atoms. The second kappa shape index (κ2) is 12.2. The molecule has 0 spiro atoms. The summed E-state index contributed by atoms with van der Waals surface area (Å²) in [5.41, 5.74) is 3.56. The minimum Gasteiger partial charge on any atom is -0.451 e. The molecule has 0 saturated carbocycles. The van der Waals surface area contributed by atoms with Gasteiger partial charge in [0.25, 0.3) is 5.91 Å². The van der Waals surface area contributed by atoms with Crippen molar-refractivity contribution in [3.8, 4) is 11.3 Å². The van der Waals surface area contributed by atoms with Crippen LogP contribution in [0.4, 0.5) is 0 Å². The van der Waals surface area contributed by atoms with Gasteiger partial charge in [-0.1, -0.05) is 60.7 Å². The van der Waals surface area contributed by atoms with Gasteiger partial charge in [-0.3, -0.25) is 19.6 Å². The number of hydroxylamine groups is 1. The molecule has 0 aliphatic heterocycles. The first kappa shape index (κ1) is 23.7. The second-order valence-electron chi connectivity index (χ2n) is 7.57. The summed E-state index contributed by atoms with van der Waals surface area (Å²) < 4.78 is 5.59. The zero-order chi connectivity index (χ0) is 23.5. The normalized spacial score (nSPS) is 11.4. The van der Waals surface area contributed by atoms with Crippen LogP contribution in [0, 0.1) is 5.92 Å². The fourth-order valence-electron chi connectivity index (χ4n) is 3.45. The molecular weight excluding hydrogens is 422 g/mol. The van der Waals surface area contributed by atoms with Crippen LogP contribution in [0.3, 0.4) is 0 Å². The molecule has 0 saturated heterocycles. The highest BCUT2D eigenvalue weighted by Gasteiger charge is 2.22. The third kappa shape index (κ3) is 7.33. The number of carbonyl (C=O) groups is 3. The van der Waals surface area contributed by atoms with Crippen LogP contribution in [0.5, 0.6) is 0 Å². The molecule has 2 aromatic carbocycles. The van der Waals surface area contributed by atoms with Crippen LogP contribution in [0.25, 0.3) is 11.3 Å². The molecule has 0 unspecified atom stereocenters. The van der Waals surface area contributed by atoms with Crippen LogP contribution in [0.15, 0.2) is 77.2 Å². The van der Waals surface area contributed by atoms with Gasteiger partial charge < -0.3 is 15.1 Å². The number of nitrogens with one attached hydrogen (secondary N) is 3. The maximum absolute atomic E-state index is 12.6. The van der Waals surface area contributed by atoms with Crippen LogP contribution < -0.4 is 16.1 Å². The Morgan fingerprint density at radius 3 is 2.27 bits per heavy atom. The Hall–Kier alpha value is -3.91. The lowest BCUT2D eigenvalue weighted by atomic mass is 9.95. The Kier molecular flexibility index (Phi) is 8.79. The van der Waals surface area contributed by atoms with Crippen molar-refractivity contribution in [3.05, 3.63) is 84.1 Å². The molecule has 0 aliphatic rings. The zero-order valence-corrected chi connectivity index (χ0v) is 18.1.